The Labute approximate surface area is 459 Å². The number of hydrogen-bond donors (Lipinski definition) is 8. The van der Waals surface area contributed by atoms with Gasteiger partial charge in [-0.25, -0.2) is 12.7 Å². The SMILES string of the molecule is CN(CCCC(=O)NCCS(=O)(=O)O)S(=O)(=O)c1ccc2c(c1)C(C)(C)C(C=CC1=CC(=CC=C3N(CCCS(=O)(=O)O)c4ccc(S(=O)(=O)O)cc4C3(C)C)CC(C(=O)O)(C(=O)NCCS(=O)(=O)O)C1)=[N+]2CCCS(=O)(=O)O. The van der Waals surface area contributed by atoms with E-state index in [0.717, 1.165) is 10.4 Å². The van der Waals surface area contributed by atoms with Crippen molar-refractivity contribution in [3.05, 3.63) is 94.7 Å². The third-order valence-corrected chi connectivity index (χ3v) is 19.4. The lowest BCUT2D eigenvalue weighted by molar-refractivity contribution is -0.437. The Balaban J connectivity index is 1.61. The summed E-state index contributed by atoms with van der Waals surface area (Å²) in [6, 6.07) is 8.01. The highest BCUT2D eigenvalue weighted by molar-refractivity contribution is 7.89. The summed E-state index contributed by atoms with van der Waals surface area (Å²) in [5.74, 6) is -6.36. The quantitative estimate of drug-likeness (QED) is 0.0380. The van der Waals surface area contributed by atoms with Crippen LogP contribution in [0.5, 0.6) is 0 Å². The van der Waals surface area contributed by atoms with Crippen LogP contribution in [0.25, 0.3) is 0 Å². The van der Waals surface area contributed by atoms with Gasteiger partial charge in [0.15, 0.2) is 11.1 Å². The molecule has 2 aromatic rings. The van der Waals surface area contributed by atoms with E-state index in [0.29, 0.717) is 33.9 Å². The molecule has 26 nitrogen and oxygen atoms in total. The molecule has 0 radical (unpaired) electrons. The smallest absolute Gasteiger partial charge is 0.319 e. The molecule has 5 rings (SSSR count). The molecule has 2 amide bonds. The summed E-state index contributed by atoms with van der Waals surface area (Å²) in [6.45, 7) is 5.56. The first-order chi connectivity index (χ1) is 36.1. The Morgan fingerprint density at radius 3 is 1.84 bits per heavy atom. The first-order valence-corrected chi connectivity index (χ1v) is 33.5. The summed E-state index contributed by atoms with van der Waals surface area (Å²) in [5.41, 5.74) is -1.75. The van der Waals surface area contributed by atoms with Crippen LogP contribution in [0.3, 0.4) is 0 Å². The van der Waals surface area contributed by atoms with Crippen LogP contribution in [0.1, 0.15) is 77.3 Å². The van der Waals surface area contributed by atoms with Gasteiger partial charge in [-0.2, -0.15) is 46.7 Å². The number of aliphatic carboxylic acids is 1. The molecule has 0 saturated heterocycles. The van der Waals surface area contributed by atoms with Gasteiger partial charge >= 0.3 is 5.97 Å². The highest BCUT2D eigenvalue weighted by atomic mass is 32.2. The molecule has 8 N–H and O–H groups in total. The molecule has 3 aliphatic rings. The molecule has 2 aromatic carbocycles. The number of nitrogens with zero attached hydrogens (tertiary/aromatic N) is 3. The fourth-order valence-electron chi connectivity index (χ4n) is 9.65. The van der Waals surface area contributed by atoms with E-state index in [1.54, 1.807) is 55.4 Å². The minimum Gasteiger partial charge on any atom is -0.480 e. The van der Waals surface area contributed by atoms with Crippen molar-refractivity contribution in [1.82, 2.24) is 14.9 Å². The number of carboxylic acids is 1. The van der Waals surface area contributed by atoms with Crippen LogP contribution in [0.4, 0.5) is 11.4 Å². The number of carboxylic acid groups (broad SMARTS) is 1. The number of nitrogens with one attached hydrogen (secondary N) is 2. The number of carbonyl (C=O) groups is 3. The average Bonchev–Trinajstić information content (AvgIpc) is 3.64. The van der Waals surface area contributed by atoms with Gasteiger partial charge in [0.05, 0.1) is 38.2 Å². The summed E-state index contributed by atoms with van der Waals surface area (Å²) >= 11 is 0. The van der Waals surface area contributed by atoms with Crippen LogP contribution in [0, 0.1) is 5.41 Å². The van der Waals surface area contributed by atoms with E-state index in [1.807, 2.05) is 0 Å². The molecule has 0 bridgehead atoms. The van der Waals surface area contributed by atoms with E-state index >= 15 is 0 Å². The van der Waals surface area contributed by atoms with E-state index in [-0.39, 0.29) is 67.9 Å². The van der Waals surface area contributed by atoms with E-state index < -0.39 is 142 Å². The number of anilines is 1. The topological polar surface area (TPSA) is 411 Å². The van der Waals surface area contributed by atoms with Crippen LogP contribution in [-0.4, -0.2) is 174 Å². The zero-order chi connectivity index (χ0) is 59.5. The first kappa shape index (κ1) is 64.6. The Hall–Kier alpha value is -5.26. The van der Waals surface area contributed by atoms with E-state index in [2.05, 4.69) is 10.6 Å². The van der Waals surface area contributed by atoms with Gasteiger partial charge in [-0.3, -0.25) is 37.1 Å². The number of sulfonamides is 1. The molecule has 0 saturated carbocycles. The third kappa shape index (κ3) is 16.5. The first-order valence-electron chi connectivity index (χ1n) is 24.1. The van der Waals surface area contributed by atoms with Crippen molar-refractivity contribution in [3.8, 4) is 0 Å². The van der Waals surface area contributed by atoms with E-state index in [9.17, 15) is 88.2 Å². The standard InChI is InChI=1S/C47H63N5O21S6/c1-45(2)36-28-34(78(69,70)50(5)20-6-9-42(53)48-18-25-76(63,64)65)12-14-38(36)51(21-7-23-74(57,58)59)40(45)16-10-32-27-33(31-47(30-32,44(55)56)43(54)49-19-26-77(66,67)68)11-17-41-46(3,4)37-29-35(79(71,72)73)13-15-39(37)52(41)22-8-24-75(60,61)62/h10-17,27-29H,6-9,18-26,30-31H2,1-5H3,(H7-,48,49,53,54,55,56,57,58,59,60,61,62,63,64,65,66,67,68,71,72,73)/p+1. The summed E-state index contributed by atoms with van der Waals surface area (Å²) in [6.07, 6.45) is 6.17. The van der Waals surface area contributed by atoms with Crippen molar-refractivity contribution in [2.24, 2.45) is 5.41 Å². The minimum absolute atomic E-state index is 0.0263. The highest BCUT2D eigenvalue weighted by Crippen LogP contribution is 2.49. The van der Waals surface area contributed by atoms with Gasteiger partial charge in [-0.15, -0.1) is 0 Å². The van der Waals surface area contributed by atoms with Crippen molar-refractivity contribution in [1.29, 1.82) is 0 Å². The lowest BCUT2D eigenvalue weighted by Crippen LogP contribution is -2.49. The van der Waals surface area contributed by atoms with Crippen molar-refractivity contribution >= 4 is 95.5 Å². The Morgan fingerprint density at radius 2 is 1.25 bits per heavy atom. The van der Waals surface area contributed by atoms with Crippen LogP contribution in [0.2, 0.25) is 0 Å². The fraction of sp³-hybridized carbons (Fsp3) is 0.489. The Bertz CT molecular complexity index is 3640. The van der Waals surface area contributed by atoms with Gasteiger partial charge in [0.1, 0.15) is 6.54 Å². The van der Waals surface area contributed by atoms with E-state index in [4.69, 9.17) is 4.55 Å². The molecular formula is C47H64N5O21S6+. The summed E-state index contributed by atoms with van der Waals surface area (Å²) < 4.78 is 195. The molecule has 2 aliphatic heterocycles. The second-order valence-electron chi connectivity index (χ2n) is 20.2. The second kappa shape index (κ2) is 24.1. The Morgan fingerprint density at radius 1 is 0.684 bits per heavy atom. The van der Waals surface area contributed by atoms with Crippen LogP contribution in [-0.2, 0) is 85.8 Å². The van der Waals surface area contributed by atoms with Gasteiger partial charge < -0.3 is 20.6 Å². The van der Waals surface area contributed by atoms with Crippen molar-refractivity contribution in [3.63, 3.8) is 0 Å². The molecule has 1 atom stereocenters. The predicted molar refractivity (Wildman–Crippen MR) is 289 cm³/mol. The summed E-state index contributed by atoms with van der Waals surface area (Å²) in [5, 5.41) is 15.5. The fourth-order valence-corrected chi connectivity index (χ4v) is 13.1. The monoisotopic (exact) mass is 1230 g/mol. The molecule has 2 heterocycles. The lowest BCUT2D eigenvalue weighted by atomic mass is 9.71. The summed E-state index contributed by atoms with van der Waals surface area (Å²) in [4.78, 5) is 40.9. The maximum Gasteiger partial charge on any atom is 0.319 e. The number of hydrogen-bond acceptors (Lipinski definition) is 16. The number of fused-ring (bicyclic) bond motifs is 2. The molecule has 0 aromatic heterocycles. The number of allylic oxidation sites excluding steroid dienone is 8. The predicted octanol–water partition coefficient (Wildman–Crippen LogP) is 2.23. The lowest BCUT2D eigenvalue weighted by Gasteiger charge is -2.33. The van der Waals surface area contributed by atoms with Crippen LogP contribution >= 0.6 is 0 Å². The largest absolute Gasteiger partial charge is 0.480 e. The highest BCUT2D eigenvalue weighted by Gasteiger charge is 2.50. The van der Waals surface area contributed by atoms with Crippen LogP contribution < -0.4 is 15.5 Å². The van der Waals surface area contributed by atoms with Gasteiger partial charge in [0.2, 0.25) is 27.5 Å². The molecular weight excluding hydrogens is 1160 g/mol. The van der Waals surface area contributed by atoms with Crippen molar-refractivity contribution in [2.45, 2.75) is 86.8 Å². The maximum atomic E-state index is 14.1. The summed E-state index contributed by atoms with van der Waals surface area (Å²) in [7, 11) is -25.5. The van der Waals surface area contributed by atoms with Gasteiger partial charge in [0, 0.05) is 80.6 Å². The molecule has 1 unspecified atom stereocenters. The molecule has 0 fully saturated rings. The van der Waals surface area contributed by atoms with Gasteiger partial charge in [-0.1, -0.05) is 32.1 Å². The second-order valence-corrected chi connectivity index (χ2v) is 30.0. The zero-order valence-corrected chi connectivity index (χ0v) is 48.5. The Kier molecular flexibility index (Phi) is 19.7. The number of carbonyl (C=O) groups excluding carboxylic acids is 2. The van der Waals surface area contributed by atoms with Gasteiger partial charge in [0.25, 0.3) is 50.6 Å². The number of benzene rings is 2. The van der Waals surface area contributed by atoms with E-state index in [1.165, 1.54) is 49.5 Å². The van der Waals surface area contributed by atoms with Crippen molar-refractivity contribution in [2.75, 3.05) is 67.7 Å². The van der Waals surface area contributed by atoms with Crippen LogP contribution in [0.15, 0.2) is 93.4 Å². The molecule has 1 aliphatic carbocycles. The van der Waals surface area contributed by atoms with Crippen molar-refractivity contribution < 1.29 is 97.3 Å². The number of amides is 2. The normalized spacial score (nSPS) is 19.7. The molecule has 438 valence electrons. The number of rotatable bonds is 26. The van der Waals surface area contributed by atoms with Gasteiger partial charge in [-0.05, 0) is 92.6 Å². The zero-order valence-electron chi connectivity index (χ0n) is 43.6. The third-order valence-electron chi connectivity index (χ3n) is 13.6. The average molecular weight is 1230 g/mol. The molecule has 79 heavy (non-hydrogen) atoms. The minimum atomic E-state index is -4.70. The molecule has 0 spiro atoms. The molecule has 32 heteroatoms. The maximum absolute atomic E-state index is 14.1.